The molecule has 0 aromatic rings. The molecule has 2 nitrogen and oxygen atoms in total. The maximum absolute atomic E-state index is 6.92. The van der Waals surface area contributed by atoms with Crippen LogP contribution in [0.15, 0.2) is 0 Å². The maximum Gasteiger partial charge on any atom is 0.0684 e. The molecule has 0 heterocycles. The molecule has 0 saturated carbocycles. The fraction of sp³-hybridized carbons (Fsp3) is 1.00. The summed E-state index contributed by atoms with van der Waals surface area (Å²) < 4.78 is 12.6. The van der Waals surface area contributed by atoms with E-state index in [2.05, 4.69) is 55.4 Å². The zero-order chi connectivity index (χ0) is 28.8. The molecule has 0 fully saturated rings. The monoisotopic (exact) mass is 541 g/mol. The van der Waals surface area contributed by atoms with Crippen LogP contribution in [0.2, 0.25) is 0 Å². The van der Waals surface area contributed by atoms with Gasteiger partial charge < -0.3 is 9.47 Å². The van der Waals surface area contributed by atoms with Crippen LogP contribution in [0.5, 0.6) is 0 Å². The lowest BCUT2D eigenvalue weighted by molar-refractivity contribution is -0.173. The Kier molecular flexibility index (Phi) is 31.5. The van der Waals surface area contributed by atoms with Gasteiger partial charge in [0, 0.05) is 13.2 Å². The molecule has 0 spiro atoms. The van der Waals surface area contributed by atoms with Crippen LogP contribution < -0.4 is 0 Å². The average Bonchev–Trinajstić information content (AvgIpc) is 2.95. The van der Waals surface area contributed by atoms with Crippen molar-refractivity contribution in [3.05, 3.63) is 0 Å². The Hall–Kier alpha value is -0.0800. The molecule has 0 aliphatic heterocycles. The number of ether oxygens (including phenoxy) is 2. The zero-order valence-electron chi connectivity index (χ0n) is 28.2. The normalized spacial score (nSPS) is 12.0. The van der Waals surface area contributed by atoms with Crippen LogP contribution in [0.1, 0.15) is 209 Å². The van der Waals surface area contributed by atoms with Crippen molar-refractivity contribution in [3.63, 3.8) is 0 Å². The highest BCUT2D eigenvalue weighted by Gasteiger charge is 2.37. The Balaban J connectivity index is 0. The summed E-state index contributed by atoms with van der Waals surface area (Å²) in [5, 5.41) is 0. The standard InChI is InChI=1S/C20H42O.C16H34O/c1-7-13-15-17-19(9-3,10-4)21-20(11-5,12-6)18-16-14-8-2;1-3-5-7-9-11-13-15-17-16-14-12-10-8-6-4-2/h7-18H2,1-6H3;3-16H2,1-2H3. The maximum atomic E-state index is 6.92. The number of hydrogen-bond donors (Lipinski definition) is 0. The van der Waals surface area contributed by atoms with E-state index in [1.54, 1.807) is 0 Å². The molecule has 0 aromatic heterocycles. The second-order valence-corrected chi connectivity index (χ2v) is 11.9. The van der Waals surface area contributed by atoms with Crippen molar-refractivity contribution in [2.75, 3.05) is 13.2 Å². The van der Waals surface area contributed by atoms with E-state index in [0.29, 0.717) is 0 Å². The highest BCUT2D eigenvalue weighted by atomic mass is 16.5. The summed E-state index contributed by atoms with van der Waals surface area (Å²) in [6.07, 6.45) is 31.4. The molecular weight excluding hydrogens is 464 g/mol. The van der Waals surface area contributed by atoms with E-state index in [1.165, 1.54) is 128 Å². The quantitative estimate of drug-likeness (QED) is 0.0918. The first kappa shape index (κ1) is 40.1. The molecular formula is C36H76O2. The Bertz CT molecular complexity index is 387. The van der Waals surface area contributed by atoms with Gasteiger partial charge in [-0.25, -0.2) is 0 Å². The smallest absolute Gasteiger partial charge is 0.0684 e. The molecule has 0 aromatic carbocycles. The van der Waals surface area contributed by atoms with E-state index in [4.69, 9.17) is 9.47 Å². The summed E-state index contributed by atoms with van der Waals surface area (Å²) in [6.45, 7) is 20.3. The third-order valence-corrected chi connectivity index (χ3v) is 8.77. The Morgan fingerprint density at radius 1 is 0.342 bits per heavy atom. The van der Waals surface area contributed by atoms with Crippen LogP contribution in [0, 0.1) is 0 Å². The first-order valence-electron chi connectivity index (χ1n) is 17.8. The first-order valence-corrected chi connectivity index (χ1v) is 17.8. The molecule has 232 valence electrons. The van der Waals surface area contributed by atoms with E-state index < -0.39 is 0 Å². The second-order valence-electron chi connectivity index (χ2n) is 11.9. The van der Waals surface area contributed by atoms with E-state index in [-0.39, 0.29) is 11.2 Å². The van der Waals surface area contributed by atoms with Crippen molar-refractivity contribution in [3.8, 4) is 0 Å². The van der Waals surface area contributed by atoms with Crippen LogP contribution in [0.4, 0.5) is 0 Å². The molecule has 0 amide bonds. The Morgan fingerprint density at radius 3 is 0.947 bits per heavy atom. The van der Waals surface area contributed by atoms with Gasteiger partial charge in [-0.3, -0.25) is 0 Å². The van der Waals surface area contributed by atoms with Gasteiger partial charge in [0.1, 0.15) is 0 Å². The fourth-order valence-corrected chi connectivity index (χ4v) is 5.52. The van der Waals surface area contributed by atoms with Crippen molar-refractivity contribution in [1.82, 2.24) is 0 Å². The SMILES string of the molecule is CCCCCC(CC)(CC)OC(CC)(CC)CCCCC.CCCCCCCCOCCCCCCCC. The van der Waals surface area contributed by atoms with Gasteiger partial charge in [0.2, 0.25) is 0 Å². The Labute approximate surface area is 243 Å². The van der Waals surface area contributed by atoms with E-state index in [1.807, 2.05) is 0 Å². The highest BCUT2D eigenvalue weighted by molar-refractivity contribution is 4.87. The van der Waals surface area contributed by atoms with Gasteiger partial charge >= 0.3 is 0 Å². The fourth-order valence-electron chi connectivity index (χ4n) is 5.52. The van der Waals surface area contributed by atoms with Gasteiger partial charge in [0.05, 0.1) is 11.2 Å². The summed E-state index contributed by atoms with van der Waals surface area (Å²) >= 11 is 0. The van der Waals surface area contributed by atoms with Crippen LogP contribution in [-0.2, 0) is 9.47 Å². The number of rotatable bonds is 28. The molecule has 0 unspecified atom stereocenters. The average molecular weight is 541 g/mol. The summed E-state index contributed by atoms with van der Waals surface area (Å²) in [5.74, 6) is 0. The lowest BCUT2D eigenvalue weighted by Gasteiger charge is -2.44. The third-order valence-electron chi connectivity index (χ3n) is 8.77. The molecule has 38 heavy (non-hydrogen) atoms. The largest absolute Gasteiger partial charge is 0.381 e. The number of unbranched alkanes of at least 4 members (excludes halogenated alkanes) is 14. The second kappa shape index (κ2) is 29.9. The summed E-state index contributed by atoms with van der Waals surface area (Å²) in [4.78, 5) is 0. The molecule has 0 atom stereocenters. The lowest BCUT2D eigenvalue weighted by atomic mass is 9.85. The Morgan fingerprint density at radius 2 is 0.632 bits per heavy atom. The van der Waals surface area contributed by atoms with Crippen LogP contribution >= 0.6 is 0 Å². The van der Waals surface area contributed by atoms with Crippen LogP contribution in [0.25, 0.3) is 0 Å². The minimum Gasteiger partial charge on any atom is -0.381 e. The molecule has 0 saturated heterocycles. The molecule has 0 aliphatic carbocycles. The van der Waals surface area contributed by atoms with Crippen molar-refractivity contribution in [2.45, 2.75) is 221 Å². The molecule has 0 aliphatic rings. The number of hydrogen-bond acceptors (Lipinski definition) is 2. The molecule has 2 heteroatoms. The molecule has 0 bridgehead atoms. The van der Waals surface area contributed by atoms with Gasteiger partial charge in [-0.05, 0) is 51.4 Å². The predicted molar refractivity (Wildman–Crippen MR) is 174 cm³/mol. The van der Waals surface area contributed by atoms with Gasteiger partial charge in [-0.2, -0.15) is 0 Å². The summed E-state index contributed by atoms with van der Waals surface area (Å²) in [7, 11) is 0. The third kappa shape index (κ3) is 22.7. The van der Waals surface area contributed by atoms with Gasteiger partial charge in [-0.15, -0.1) is 0 Å². The molecule has 0 rings (SSSR count). The van der Waals surface area contributed by atoms with Crippen molar-refractivity contribution in [2.24, 2.45) is 0 Å². The van der Waals surface area contributed by atoms with Crippen molar-refractivity contribution in [1.29, 1.82) is 0 Å². The predicted octanol–water partition coefficient (Wildman–Crippen LogP) is 13.0. The van der Waals surface area contributed by atoms with E-state index in [0.717, 1.165) is 38.9 Å². The van der Waals surface area contributed by atoms with Gasteiger partial charge in [0.15, 0.2) is 0 Å². The molecule has 0 radical (unpaired) electrons. The highest BCUT2D eigenvalue weighted by Crippen LogP contribution is 2.38. The zero-order valence-corrected chi connectivity index (χ0v) is 28.2. The van der Waals surface area contributed by atoms with Crippen molar-refractivity contribution < 1.29 is 9.47 Å². The van der Waals surface area contributed by atoms with E-state index in [9.17, 15) is 0 Å². The first-order chi connectivity index (χ1) is 18.5. The molecule has 0 N–H and O–H groups in total. The van der Waals surface area contributed by atoms with Crippen LogP contribution in [0.3, 0.4) is 0 Å². The summed E-state index contributed by atoms with van der Waals surface area (Å²) in [5.41, 5.74) is 0.237. The van der Waals surface area contributed by atoms with Crippen molar-refractivity contribution >= 4 is 0 Å². The lowest BCUT2D eigenvalue weighted by Crippen LogP contribution is -2.43. The van der Waals surface area contributed by atoms with E-state index >= 15 is 0 Å². The van der Waals surface area contributed by atoms with Crippen LogP contribution in [-0.4, -0.2) is 24.4 Å². The van der Waals surface area contributed by atoms with Gasteiger partial charge in [-0.1, -0.05) is 158 Å². The minimum atomic E-state index is 0.118. The van der Waals surface area contributed by atoms with Gasteiger partial charge in [0.25, 0.3) is 0 Å². The minimum absolute atomic E-state index is 0.118. The topological polar surface area (TPSA) is 18.5 Å². The summed E-state index contributed by atoms with van der Waals surface area (Å²) in [6, 6.07) is 0.